The minimum atomic E-state index is 0.768. The molecule has 2 unspecified atom stereocenters. The van der Waals surface area contributed by atoms with E-state index in [2.05, 4.69) is 30.3 Å². The molecule has 0 aliphatic carbocycles. The Morgan fingerprint density at radius 3 is 2.88 bits per heavy atom. The molecule has 0 spiro atoms. The molecule has 1 saturated heterocycles. The fraction of sp³-hybridized carbons (Fsp3) is 1.00. The summed E-state index contributed by atoms with van der Waals surface area (Å²) in [5.41, 5.74) is 0. The summed E-state index contributed by atoms with van der Waals surface area (Å²) in [7, 11) is 0. The van der Waals surface area contributed by atoms with Gasteiger partial charge < -0.3 is 10.2 Å². The zero-order chi connectivity index (χ0) is 11.8. The van der Waals surface area contributed by atoms with Gasteiger partial charge in [0.1, 0.15) is 0 Å². The molecule has 1 fully saturated rings. The fourth-order valence-electron chi connectivity index (χ4n) is 2.50. The first kappa shape index (κ1) is 14.3. The summed E-state index contributed by atoms with van der Waals surface area (Å²) in [6.07, 6.45) is 7.47. The second-order valence-electron chi connectivity index (χ2n) is 4.91. The predicted molar refractivity (Wildman–Crippen MR) is 75.3 cm³/mol. The number of likely N-dealkylation sites (tertiary alicyclic amines) is 1. The number of hydrogen-bond donors (Lipinski definition) is 1. The van der Waals surface area contributed by atoms with E-state index in [4.69, 9.17) is 0 Å². The smallest absolute Gasteiger partial charge is 0.00940 e. The number of nitrogens with zero attached hydrogens (tertiary/aromatic N) is 1. The molecule has 1 rings (SSSR count). The van der Waals surface area contributed by atoms with Gasteiger partial charge in [0.25, 0.3) is 0 Å². The quantitative estimate of drug-likeness (QED) is 0.693. The molecule has 2 nitrogen and oxygen atoms in total. The lowest BCUT2D eigenvalue weighted by Gasteiger charge is -2.38. The van der Waals surface area contributed by atoms with Crippen LogP contribution in [0.1, 0.15) is 39.5 Å². The van der Waals surface area contributed by atoms with E-state index >= 15 is 0 Å². The van der Waals surface area contributed by atoms with Gasteiger partial charge in [-0.25, -0.2) is 0 Å². The molecule has 0 aromatic rings. The van der Waals surface area contributed by atoms with Gasteiger partial charge in [0.2, 0.25) is 0 Å². The van der Waals surface area contributed by atoms with Crippen molar-refractivity contribution in [2.45, 2.75) is 51.6 Å². The third-order valence-corrected chi connectivity index (χ3v) is 4.19. The summed E-state index contributed by atoms with van der Waals surface area (Å²) >= 11 is 1.96. The van der Waals surface area contributed by atoms with Crippen molar-refractivity contribution in [2.24, 2.45) is 0 Å². The molecule has 0 saturated carbocycles. The summed E-state index contributed by atoms with van der Waals surface area (Å²) in [6, 6.07) is 1.54. The van der Waals surface area contributed by atoms with E-state index in [1.807, 2.05) is 11.8 Å². The Morgan fingerprint density at radius 1 is 1.44 bits per heavy atom. The number of piperidine rings is 1. The maximum atomic E-state index is 3.66. The predicted octanol–water partition coefficient (Wildman–Crippen LogP) is 2.59. The Bertz CT molecular complexity index is 175. The number of hydrogen-bond acceptors (Lipinski definition) is 3. The van der Waals surface area contributed by atoms with E-state index in [1.165, 1.54) is 51.1 Å². The Labute approximate surface area is 106 Å². The lowest BCUT2D eigenvalue weighted by Crippen LogP contribution is -2.47. The second kappa shape index (κ2) is 8.37. The van der Waals surface area contributed by atoms with Gasteiger partial charge in [-0.1, -0.05) is 6.92 Å². The van der Waals surface area contributed by atoms with Gasteiger partial charge in [-0.15, -0.1) is 0 Å². The van der Waals surface area contributed by atoms with Gasteiger partial charge in [0.15, 0.2) is 0 Å². The van der Waals surface area contributed by atoms with Gasteiger partial charge >= 0.3 is 0 Å². The first-order chi connectivity index (χ1) is 7.77. The SMILES string of the molecule is CCCNC1CCN(CCCSC)C(C)C1. The highest BCUT2D eigenvalue weighted by Gasteiger charge is 2.24. The van der Waals surface area contributed by atoms with Crippen LogP contribution in [0, 0.1) is 0 Å². The molecule has 16 heavy (non-hydrogen) atoms. The van der Waals surface area contributed by atoms with Crippen LogP contribution in [0.2, 0.25) is 0 Å². The first-order valence-electron chi connectivity index (χ1n) is 6.74. The van der Waals surface area contributed by atoms with Gasteiger partial charge in [-0.05, 0) is 64.2 Å². The Balaban J connectivity index is 2.18. The van der Waals surface area contributed by atoms with Crippen LogP contribution in [0.25, 0.3) is 0 Å². The van der Waals surface area contributed by atoms with Crippen molar-refractivity contribution in [1.29, 1.82) is 0 Å². The highest BCUT2D eigenvalue weighted by atomic mass is 32.2. The van der Waals surface area contributed by atoms with Crippen molar-refractivity contribution in [3.63, 3.8) is 0 Å². The van der Waals surface area contributed by atoms with Crippen LogP contribution in [0.3, 0.4) is 0 Å². The maximum absolute atomic E-state index is 3.66. The van der Waals surface area contributed by atoms with Crippen LogP contribution < -0.4 is 5.32 Å². The maximum Gasteiger partial charge on any atom is 0.00940 e. The highest BCUT2D eigenvalue weighted by Crippen LogP contribution is 2.17. The molecule has 2 atom stereocenters. The second-order valence-corrected chi connectivity index (χ2v) is 5.89. The molecule has 1 aliphatic rings. The molecule has 1 aliphatic heterocycles. The van der Waals surface area contributed by atoms with Gasteiger partial charge in [-0.2, -0.15) is 11.8 Å². The van der Waals surface area contributed by atoms with Crippen molar-refractivity contribution < 1.29 is 0 Å². The fourth-order valence-corrected chi connectivity index (χ4v) is 2.92. The molecule has 0 aromatic carbocycles. The van der Waals surface area contributed by atoms with Crippen LogP contribution >= 0.6 is 11.8 Å². The summed E-state index contributed by atoms with van der Waals surface area (Å²) < 4.78 is 0. The number of thioether (sulfide) groups is 1. The standard InChI is InChI=1S/C13H28N2S/c1-4-7-14-13-6-9-15(12(2)11-13)8-5-10-16-3/h12-14H,4-11H2,1-3H3. The molecule has 0 bridgehead atoms. The molecule has 3 heteroatoms. The van der Waals surface area contributed by atoms with Crippen LogP contribution in [0.15, 0.2) is 0 Å². The molecule has 1 N–H and O–H groups in total. The molecule has 0 aromatic heterocycles. The van der Waals surface area contributed by atoms with Crippen molar-refractivity contribution in [3.8, 4) is 0 Å². The van der Waals surface area contributed by atoms with Crippen molar-refractivity contribution in [1.82, 2.24) is 10.2 Å². The Morgan fingerprint density at radius 2 is 2.25 bits per heavy atom. The minimum Gasteiger partial charge on any atom is -0.314 e. The molecule has 96 valence electrons. The van der Waals surface area contributed by atoms with E-state index in [0.29, 0.717) is 0 Å². The summed E-state index contributed by atoms with van der Waals surface area (Å²) in [6.45, 7) is 8.40. The van der Waals surface area contributed by atoms with Crippen molar-refractivity contribution >= 4 is 11.8 Å². The largest absolute Gasteiger partial charge is 0.314 e. The molecular formula is C13H28N2S. The normalized spacial score (nSPS) is 27.2. The van der Waals surface area contributed by atoms with E-state index in [0.717, 1.165) is 12.1 Å². The van der Waals surface area contributed by atoms with Crippen LogP contribution in [0.5, 0.6) is 0 Å². The lowest BCUT2D eigenvalue weighted by atomic mass is 9.98. The average molecular weight is 244 g/mol. The van der Waals surface area contributed by atoms with Crippen molar-refractivity contribution in [2.75, 3.05) is 31.6 Å². The lowest BCUT2D eigenvalue weighted by molar-refractivity contribution is 0.137. The van der Waals surface area contributed by atoms with E-state index < -0.39 is 0 Å². The van der Waals surface area contributed by atoms with E-state index in [9.17, 15) is 0 Å². The minimum absolute atomic E-state index is 0.768. The van der Waals surface area contributed by atoms with Crippen molar-refractivity contribution in [3.05, 3.63) is 0 Å². The Kier molecular flexibility index (Phi) is 7.50. The molecule has 1 heterocycles. The number of nitrogens with one attached hydrogen (secondary N) is 1. The van der Waals surface area contributed by atoms with Crippen LogP contribution in [-0.4, -0.2) is 48.6 Å². The Hall–Kier alpha value is 0.270. The third-order valence-electron chi connectivity index (χ3n) is 3.49. The third kappa shape index (κ3) is 5.07. The van der Waals surface area contributed by atoms with Gasteiger partial charge in [0.05, 0.1) is 0 Å². The topological polar surface area (TPSA) is 15.3 Å². The summed E-state index contributed by atoms with van der Waals surface area (Å²) in [5.74, 6) is 1.31. The zero-order valence-electron chi connectivity index (χ0n) is 11.2. The summed E-state index contributed by atoms with van der Waals surface area (Å²) in [4.78, 5) is 2.67. The van der Waals surface area contributed by atoms with Crippen LogP contribution in [-0.2, 0) is 0 Å². The van der Waals surface area contributed by atoms with E-state index in [-0.39, 0.29) is 0 Å². The monoisotopic (exact) mass is 244 g/mol. The summed E-state index contributed by atoms with van der Waals surface area (Å²) in [5, 5.41) is 3.66. The zero-order valence-corrected chi connectivity index (χ0v) is 12.0. The highest BCUT2D eigenvalue weighted by molar-refractivity contribution is 7.98. The van der Waals surface area contributed by atoms with Gasteiger partial charge in [0, 0.05) is 12.1 Å². The average Bonchev–Trinajstić information content (AvgIpc) is 2.29. The van der Waals surface area contributed by atoms with E-state index in [1.54, 1.807) is 0 Å². The molecule has 0 amide bonds. The first-order valence-corrected chi connectivity index (χ1v) is 8.13. The molecule has 0 radical (unpaired) electrons. The van der Waals surface area contributed by atoms with Gasteiger partial charge in [-0.3, -0.25) is 0 Å². The molecular weight excluding hydrogens is 216 g/mol. The van der Waals surface area contributed by atoms with Crippen LogP contribution in [0.4, 0.5) is 0 Å². The number of rotatable bonds is 7.